The van der Waals surface area contributed by atoms with Gasteiger partial charge < -0.3 is 10.0 Å². The highest BCUT2D eigenvalue weighted by Gasteiger charge is 2.28. The molecular weight excluding hydrogens is 341 g/mol. The van der Waals surface area contributed by atoms with Crippen molar-refractivity contribution >= 4 is 27.8 Å². The van der Waals surface area contributed by atoms with Gasteiger partial charge in [-0.3, -0.25) is 9.59 Å². The topological polar surface area (TPSA) is 57.6 Å². The van der Waals surface area contributed by atoms with Gasteiger partial charge in [0.05, 0.1) is 5.56 Å². The predicted octanol–water partition coefficient (Wildman–Crippen LogP) is 3.45. The summed E-state index contributed by atoms with van der Waals surface area (Å²) in [5.74, 6) is -1.56. The number of carbonyl (C=O) groups is 2. The summed E-state index contributed by atoms with van der Waals surface area (Å²) in [5.41, 5.74) is 0.289. The SMILES string of the molecule is O=C(O)CCC1CCCCN1C(=O)c1cc(F)ccc1Br. The lowest BCUT2D eigenvalue weighted by Gasteiger charge is -2.36. The summed E-state index contributed by atoms with van der Waals surface area (Å²) >= 11 is 3.27. The lowest BCUT2D eigenvalue weighted by molar-refractivity contribution is -0.137. The lowest BCUT2D eigenvalue weighted by Crippen LogP contribution is -2.44. The van der Waals surface area contributed by atoms with Crippen LogP contribution in [0.5, 0.6) is 0 Å². The first-order chi connectivity index (χ1) is 9.99. The van der Waals surface area contributed by atoms with Crippen molar-refractivity contribution in [3.8, 4) is 0 Å². The van der Waals surface area contributed by atoms with Crippen LogP contribution < -0.4 is 0 Å². The van der Waals surface area contributed by atoms with Gasteiger partial charge in [-0.25, -0.2) is 4.39 Å². The number of likely N-dealkylation sites (tertiary alicyclic amines) is 1. The number of halogens is 2. The molecule has 114 valence electrons. The second kappa shape index (κ2) is 7.02. The van der Waals surface area contributed by atoms with E-state index in [4.69, 9.17) is 5.11 Å². The van der Waals surface area contributed by atoms with Crippen molar-refractivity contribution in [1.82, 2.24) is 4.90 Å². The average Bonchev–Trinajstić information content (AvgIpc) is 2.47. The van der Waals surface area contributed by atoms with Crippen LogP contribution in [-0.2, 0) is 4.79 Å². The van der Waals surface area contributed by atoms with Gasteiger partial charge in [-0.05, 0) is 59.8 Å². The van der Waals surface area contributed by atoms with Crippen molar-refractivity contribution < 1.29 is 19.1 Å². The van der Waals surface area contributed by atoms with Gasteiger partial charge in [-0.1, -0.05) is 0 Å². The number of benzene rings is 1. The lowest BCUT2D eigenvalue weighted by atomic mass is 9.97. The number of rotatable bonds is 4. The van der Waals surface area contributed by atoms with Crippen molar-refractivity contribution in [3.63, 3.8) is 0 Å². The number of carbonyl (C=O) groups excluding carboxylic acids is 1. The Labute approximate surface area is 131 Å². The molecule has 0 aliphatic carbocycles. The van der Waals surface area contributed by atoms with Crippen molar-refractivity contribution in [2.75, 3.05) is 6.54 Å². The normalized spacial score (nSPS) is 18.6. The summed E-state index contributed by atoms with van der Waals surface area (Å²) in [6, 6.07) is 3.94. The fraction of sp³-hybridized carbons (Fsp3) is 0.467. The van der Waals surface area contributed by atoms with Crippen LogP contribution in [0.25, 0.3) is 0 Å². The molecule has 1 N–H and O–H groups in total. The molecule has 1 heterocycles. The summed E-state index contributed by atoms with van der Waals surface area (Å²) in [6.45, 7) is 0.589. The van der Waals surface area contributed by atoms with Gasteiger partial charge in [-0.15, -0.1) is 0 Å². The second-order valence-electron chi connectivity index (χ2n) is 5.20. The first kappa shape index (κ1) is 15.9. The molecule has 0 spiro atoms. The van der Waals surface area contributed by atoms with Gasteiger partial charge in [-0.2, -0.15) is 0 Å². The molecule has 2 rings (SSSR count). The smallest absolute Gasteiger partial charge is 0.303 e. The van der Waals surface area contributed by atoms with E-state index in [1.807, 2.05) is 0 Å². The average molecular weight is 358 g/mol. The zero-order chi connectivity index (χ0) is 15.4. The maximum atomic E-state index is 13.4. The molecule has 21 heavy (non-hydrogen) atoms. The highest BCUT2D eigenvalue weighted by molar-refractivity contribution is 9.10. The fourth-order valence-corrected chi connectivity index (χ4v) is 3.09. The standard InChI is InChI=1S/C15H17BrFNO3/c16-13-6-4-10(17)9-12(13)15(21)18-8-2-1-3-11(18)5-7-14(19)20/h4,6,9,11H,1-3,5,7-8H2,(H,19,20). The number of amides is 1. The Hall–Kier alpha value is -1.43. The molecule has 1 fully saturated rings. The zero-order valence-electron chi connectivity index (χ0n) is 11.5. The van der Waals surface area contributed by atoms with Gasteiger partial charge in [0.25, 0.3) is 5.91 Å². The van der Waals surface area contributed by atoms with Crippen molar-refractivity contribution in [2.24, 2.45) is 0 Å². The van der Waals surface area contributed by atoms with E-state index in [1.165, 1.54) is 18.2 Å². The zero-order valence-corrected chi connectivity index (χ0v) is 13.1. The molecule has 1 amide bonds. The first-order valence-corrected chi connectivity index (χ1v) is 7.76. The van der Waals surface area contributed by atoms with Crippen LogP contribution in [-0.4, -0.2) is 34.5 Å². The number of hydrogen-bond acceptors (Lipinski definition) is 2. The molecule has 1 saturated heterocycles. The summed E-state index contributed by atoms with van der Waals surface area (Å²) < 4.78 is 13.9. The van der Waals surface area contributed by atoms with Gasteiger partial charge in [0.2, 0.25) is 0 Å². The molecule has 1 unspecified atom stereocenters. The molecule has 1 aromatic carbocycles. The van der Waals surface area contributed by atoms with Crippen molar-refractivity contribution in [2.45, 2.75) is 38.1 Å². The molecule has 4 nitrogen and oxygen atoms in total. The molecule has 1 aromatic rings. The van der Waals surface area contributed by atoms with Gasteiger partial charge in [0.1, 0.15) is 5.82 Å². The van der Waals surface area contributed by atoms with Gasteiger partial charge in [0, 0.05) is 23.5 Å². The van der Waals surface area contributed by atoms with Crippen molar-refractivity contribution in [3.05, 3.63) is 34.1 Å². The Morgan fingerprint density at radius 1 is 1.38 bits per heavy atom. The van der Waals surface area contributed by atoms with E-state index in [9.17, 15) is 14.0 Å². The number of carboxylic acids is 1. The Morgan fingerprint density at radius 3 is 2.86 bits per heavy atom. The van der Waals surface area contributed by atoms with Crippen LogP contribution in [0.2, 0.25) is 0 Å². The monoisotopic (exact) mass is 357 g/mol. The molecule has 0 bridgehead atoms. The first-order valence-electron chi connectivity index (χ1n) is 6.97. The van der Waals surface area contributed by atoms with Crippen LogP contribution in [0.15, 0.2) is 22.7 Å². The quantitative estimate of drug-likeness (QED) is 0.897. The Bertz CT molecular complexity index is 550. The maximum absolute atomic E-state index is 13.4. The third kappa shape index (κ3) is 4.03. The van der Waals surface area contributed by atoms with E-state index in [0.717, 1.165) is 19.3 Å². The van der Waals surface area contributed by atoms with Crippen LogP contribution in [0, 0.1) is 5.82 Å². The Morgan fingerprint density at radius 2 is 2.14 bits per heavy atom. The van der Waals surface area contributed by atoms with Gasteiger partial charge >= 0.3 is 5.97 Å². The molecule has 6 heteroatoms. The minimum atomic E-state index is -0.861. The second-order valence-corrected chi connectivity index (χ2v) is 6.06. The summed E-state index contributed by atoms with van der Waals surface area (Å²) in [7, 11) is 0. The summed E-state index contributed by atoms with van der Waals surface area (Å²) in [6.07, 6.45) is 3.15. The molecule has 1 atom stereocenters. The number of hydrogen-bond donors (Lipinski definition) is 1. The molecule has 1 aliphatic rings. The molecule has 0 aromatic heterocycles. The fourth-order valence-electron chi connectivity index (χ4n) is 2.67. The summed E-state index contributed by atoms with van der Waals surface area (Å²) in [4.78, 5) is 25.0. The Balaban J connectivity index is 2.18. The predicted molar refractivity (Wildman–Crippen MR) is 79.6 cm³/mol. The minimum Gasteiger partial charge on any atom is -0.481 e. The Kier molecular flexibility index (Phi) is 5.33. The number of piperidine rings is 1. The highest BCUT2D eigenvalue weighted by atomic mass is 79.9. The third-order valence-corrected chi connectivity index (χ3v) is 4.43. The van der Waals surface area contributed by atoms with Crippen LogP contribution >= 0.6 is 15.9 Å². The van der Waals surface area contributed by atoms with Gasteiger partial charge in [0.15, 0.2) is 0 Å². The molecule has 1 aliphatic heterocycles. The number of nitrogens with zero attached hydrogens (tertiary/aromatic N) is 1. The summed E-state index contributed by atoms with van der Waals surface area (Å²) in [5, 5.41) is 8.81. The molecule has 0 radical (unpaired) electrons. The maximum Gasteiger partial charge on any atom is 0.303 e. The van der Waals surface area contributed by atoms with E-state index < -0.39 is 11.8 Å². The van der Waals surface area contributed by atoms with Crippen LogP contribution in [0.4, 0.5) is 4.39 Å². The number of carboxylic acid groups (broad SMARTS) is 1. The number of aliphatic carboxylic acids is 1. The third-order valence-electron chi connectivity index (χ3n) is 3.74. The van der Waals surface area contributed by atoms with Crippen molar-refractivity contribution in [1.29, 1.82) is 0 Å². The van der Waals surface area contributed by atoms with Crippen LogP contribution in [0.1, 0.15) is 42.5 Å². The van der Waals surface area contributed by atoms with E-state index in [1.54, 1.807) is 4.90 Å². The van der Waals surface area contributed by atoms with E-state index in [-0.39, 0.29) is 23.9 Å². The largest absolute Gasteiger partial charge is 0.481 e. The van der Waals surface area contributed by atoms with Crippen LogP contribution in [0.3, 0.4) is 0 Å². The molecule has 0 saturated carbocycles. The molecular formula is C15H17BrFNO3. The highest BCUT2D eigenvalue weighted by Crippen LogP contribution is 2.26. The van der Waals surface area contributed by atoms with E-state index >= 15 is 0 Å². The minimum absolute atomic E-state index is 0.0404. The van der Waals surface area contributed by atoms with E-state index in [2.05, 4.69) is 15.9 Å². The van der Waals surface area contributed by atoms with E-state index in [0.29, 0.717) is 17.4 Å².